The number of nitrogens with zero attached hydrogens (tertiary/aromatic N) is 4. The second-order valence-corrected chi connectivity index (χ2v) is 10.9. The van der Waals surface area contributed by atoms with Gasteiger partial charge in [-0.2, -0.15) is 9.97 Å². The van der Waals surface area contributed by atoms with Crippen molar-refractivity contribution < 1.29 is 37.1 Å². The number of nitrogens with one attached hydrogen (secondary N) is 3. The lowest BCUT2D eigenvalue weighted by molar-refractivity contribution is -0.128. The van der Waals surface area contributed by atoms with Crippen molar-refractivity contribution >= 4 is 69.1 Å². The molecule has 0 spiro atoms. The molecule has 43 heavy (non-hydrogen) atoms. The Balaban J connectivity index is 0.000000650. The Morgan fingerprint density at radius 1 is 1.02 bits per heavy atom. The minimum absolute atomic E-state index is 0.0662. The van der Waals surface area contributed by atoms with Crippen molar-refractivity contribution in [1.29, 1.82) is 0 Å². The first-order valence-corrected chi connectivity index (χ1v) is 14.3. The van der Waals surface area contributed by atoms with Gasteiger partial charge in [-0.05, 0) is 18.2 Å². The van der Waals surface area contributed by atoms with Gasteiger partial charge in [-0.15, -0.1) is 13.2 Å². The zero-order valence-corrected chi connectivity index (χ0v) is 26.0. The average molecular weight is 661 g/mol. The third kappa shape index (κ3) is 11.4. The second kappa shape index (κ2) is 17.5. The number of urea groups is 1. The number of methoxy groups -OCH3 is 2. The van der Waals surface area contributed by atoms with E-state index in [-0.39, 0.29) is 34.9 Å². The number of rotatable bonds is 13. The Hall–Kier alpha value is -4.41. The summed E-state index contributed by atoms with van der Waals surface area (Å²) in [5, 5.41) is 4.44. The average Bonchev–Trinajstić information content (AvgIpc) is 2.96. The maximum absolute atomic E-state index is 12.8. The van der Waals surface area contributed by atoms with Gasteiger partial charge in [-0.1, -0.05) is 35.4 Å². The molecule has 0 atom stereocenters. The smallest absolute Gasteiger partial charge is 0.335 e. The van der Waals surface area contributed by atoms with Crippen LogP contribution in [0.2, 0.25) is 0 Å². The number of hydrogen-bond donors (Lipinski definition) is 3. The first-order valence-electron chi connectivity index (χ1n) is 11.9. The molecule has 1 heterocycles. The van der Waals surface area contributed by atoms with Crippen LogP contribution < -0.4 is 24.8 Å². The highest BCUT2D eigenvalue weighted by molar-refractivity contribution is 7.90. The SMILES string of the molecule is C=CCN(CC=C)C(=O)C(Cl)Cl.COc1cc(OC)nc(NC(=O)NS(=O)(=O)c2cc(NC=O)ccc2C(=O)N(C)C)n1. The Labute approximate surface area is 258 Å². The predicted octanol–water partition coefficient (Wildman–Crippen LogP) is 2.26. The molecule has 0 aliphatic heterocycles. The minimum Gasteiger partial charge on any atom is -0.481 e. The first kappa shape index (κ1) is 36.6. The van der Waals surface area contributed by atoms with Crippen LogP contribution in [0.5, 0.6) is 11.8 Å². The van der Waals surface area contributed by atoms with Gasteiger partial charge in [-0.25, -0.2) is 17.9 Å². The van der Waals surface area contributed by atoms with E-state index < -0.39 is 31.7 Å². The summed E-state index contributed by atoms with van der Waals surface area (Å²) in [5.74, 6) is -1.10. The summed E-state index contributed by atoms with van der Waals surface area (Å²) in [4.78, 5) is 55.4. The summed E-state index contributed by atoms with van der Waals surface area (Å²) in [6.45, 7) is 7.88. The summed E-state index contributed by atoms with van der Waals surface area (Å²) in [5.41, 5.74) is -0.104. The lowest BCUT2D eigenvalue weighted by Gasteiger charge is -2.19. The molecule has 5 amide bonds. The molecule has 0 fully saturated rings. The number of anilines is 2. The molecule has 3 N–H and O–H groups in total. The van der Waals surface area contributed by atoms with Crippen molar-refractivity contribution in [1.82, 2.24) is 24.5 Å². The third-order valence-electron chi connectivity index (χ3n) is 4.88. The van der Waals surface area contributed by atoms with Crippen molar-refractivity contribution in [2.45, 2.75) is 9.73 Å². The highest BCUT2D eigenvalue weighted by atomic mass is 35.5. The van der Waals surface area contributed by atoms with Crippen molar-refractivity contribution in [3.8, 4) is 11.8 Å². The zero-order valence-electron chi connectivity index (χ0n) is 23.7. The zero-order chi connectivity index (χ0) is 32.7. The number of sulfonamides is 1. The molecule has 18 heteroatoms. The van der Waals surface area contributed by atoms with E-state index in [0.29, 0.717) is 19.5 Å². The summed E-state index contributed by atoms with van der Waals surface area (Å²) >= 11 is 10.8. The highest BCUT2D eigenvalue weighted by Gasteiger charge is 2.26. The van der Waals surface area contributed by atoms with Crippen molar-refractivity contribution in [3.05, 3.63) is 55.1 Å². The van der Waals surface area contributed by atoms with Crippen LogP contribution in [0, 0.1) is 0 Å². The lowest BCUT2D eigenvalue weighted by atomic mass is 10.2. The Morgan fingerprint density at radius 2 is 1.58 bits per heavy atom. The van der Waals surface area contributed by atoms with Crippen LogP contribution in [0.3, 0.4) is 0 Å². The van der Waals surface area contributed by atoms with E-state index in [4.69, 9.17) is 32.7 Å². The Morgan fingerprint density at radius 3 is 2.02 bits per heavy atom. The van der Waals surface area contributed by atoms with E-state index in [2.05, 4.69) is 33.8 Å². The molecule has 15 nitrogen and oxygen atoms in total. The van der Waals surface area contributed by atoms with Gasteiger partial charge in [0.2, 0.25) is 24.1 Å². The molecule has 1 aromatic heterocycles. The van der Waals surface area contributed by atoms with E-state index in [1.54, 1.807) is 16.9 Å². The number of carbonyl (C=O) groups excluding carboxylic acids is 4. The molecule has 0 bridgehead atoms. The molecule has 0 saturated carbocycles. The van der Waals surface area contributed by atoms with E-state index in [0.717, 1.165) is 11.0 Å². The Bertz CT molecular complexity index is 1410. The molecule has 2 rings (SSSR count). The van der Waals surface area contributed by atoms with Crippen LogP contribution in [-0.4, -0.2) is 98.7 Å². The van der Waals surface area contributed by atoms with Gasteiger partial charge in [-0.3, -0.25) is 19.7 Å². The Kier molecular flexibility index (Phi) is 14.9. The van der Waals surface area contributed by atoms with Gasteiger partial charge in [0.15, 0.2) is 4.84 Å². The number of ether oxygens (including phenoxy) is 2. The number of amides is 5. The molecule has 0 aliphatic carbocycles. The fraction of sp³-hybridized carbons (Fsp3) is 0.280. The lowest BCUT2D eigenvalue weighted by Crippen LogP contribution is -2.36. The van der Waals surface area contributed by atoms with E-state index in [1.807, 2.05) is 0 Å². The molecule has 0 radical (unpaired) electrons. The molecule has 2 aromatic rings. The number of hydrogen-bond acceptors (Lipinski definition) is 10. The molecule has 0 saturated heterocycles. The van der Waals surface area contributed by atoms with Gasteiger partial charge < -0.3 is 24.6 Å². The topological polar surface area (TPSA) is 189 Å². The fourth-order valence-corrected chi connectivity index (χ4v) is 4.41. The van der Waals surface area contributed by atoms with Gasteiger partial charge >= 0.3 is 6.03 Å². The summed E-state index contributed by atoms with van der Waals surface area (Å²) in [6.07, 6.45) is 3.56. The van der Waals surface area contributed by atoms with E-state index in [9.17, 15) is 27.6 Å². The summed E-state index contributed by atoms with van der Waals surface area (Å²) < 4.78 is 37.3. The maximum atomic E-state index is 12.8. The predicted molar refractivity (Wildman–Crippen MR) is 161 cm³/mol. The monoisotopic (exact) mass is 659 g/mol. The van der Waals surface area contributed by atoms with Crippen LogP contribution in [0.1, 0.15) is 10.4 Å². The highest BCUT2D eigenvalue weighted by Crippen LogP contribution is 2.22. The maximum Gasteiger partial charge on any atom is 0.335 e. The molecule has 234 valence electrons. The number of aromatic nitrogens is 2. The summed E-state index contributed by atoms with van der Waals surface area (Å²) in [7, 11) is 0.991. The molecular weight excluding hydrogens is 629 g/mol. The van der Waals surface area contributed by atoms with Crippen LogP contribution in [0.15, 0.2) is 54.5 Å². The molecular formula is C25H31Cl2N7O8S. The van der Waals surface area contributed by atoms with Crippen molar-refractivity contribution in [2.24, 2.45) is 0 Å². The van der Waals surface area contributed by atoms with Crippen LogP contribution in [0.4, 0.5) is 16.4 Å². The van der Waals surface area contributed by atoms with Crippen molar-refractivity contribution in [2.75, 3.05) is 52.0 Å². The molecule has 0 unspecified atom stereocenters. The van der Waals surface area contributed by atoms with Gasteiger partial charge in [0.25, 0.3) is 21.8 Å². The quantitative estimate of drug-likeness (QED) is 0.163. The normalized spacial score (nSPS) is 10.3. The molecule has 1 aromatic carbocycles. The van der Waals surface area contributed by atoms with E-state index >= 15 is 0 Å². The number of halogens is 2. The standard InChI is InChI=1S/C17H20N6O7S.C8H11Cl2NO/c1-23(2)15(25)11-6-5-10(18-9-24)7-12(11)31(27,28)22-17(26)21-16-19-13(29-3)8-14(20-16)30-4;1-3-5-11(6-4-2)8(12)7(9)10/h5-9H,1-4H3,(H,18,24)(H2,19,20,21,22,26);3-4,7H,1-2,5-6H2. The minimum atomic E-state index is -4.54. The van der Waals surface area contributed by atoms with E-state index in [1.165, 1.54) is 51.4 Å². The largest absolute Gasteiger partial charge is 0.481 e. The van der Waals surface area contributed by atoms with Crippen LogP contribution >= 0.6 is 23.2 Å². The first-order chi connectivity index (χ1) is 20.2. The summed E-state index contributed by atoms with van der Waals surface area (Å²) in [6, 6.07) is 3.76. The number of carbonyl (C=O) groups is 4. The second-order valence-electron chi connectivity index (χ2n) is 8.13. The number of benzene rings is 1. The van der Waals surface area contributed by atoms with Crippen LogP contribution in [0.25, 0.3) is 0 Å². The third-order valence-corrected chi connectivity index (χ3v) is 6.62. The fourth-order valence-electron chi connectivity index (χ4n) is 3.00. The van der Waals surface area contributed by atoms with Crippen molar-refractivity contribution in [3.63, 3.8) is 0 Å². The van der Waals surface area contributed by atoms with Gasteiger partial charge in [0.1, 0.15) is 4.90 Å². The van der Waals surface area contributed by atoms with Gasteiger partial charge in [0, 0.05) is 32.9 Å². The van der Waals surface area contributed by atoms with Crippen LogP contribution in [-0.2, 0) is 19.6 Å². The van der Waals surface area contributed by atoms with Gasteiger partial charge in [0.05, 0.1) is 25.8 Å². The molecule has 0 aliphatic rings. The number of alkyl halides is 2.